The van der Waals surface area contributed by atoms with Crippen LogP contribution in [0.4, 0.5) is 16.2 Å². The Hall–Kier alpha value is -1.43. The highest BCUT2D eigenvalue weighted by molar-refractivity contribution is 5.38. The summed E-state index contributed by atoms with van der Waals surface area (Å²) < 4.78 is 13.2. The quantitative estimate of drug-likeness (QED) is 0.708. The number of halogens is 1. The summed E-state index contributed by atoms with van der Waals surface area (Å²) in [5.41, 5.74) is 5.36. The Morgan fingerprint density at radius 1 is 1.44 bits per heavy atom. The second-order valence-electron chi connectivity index (χ2n) is 3.86. The van der Waals surface area contributed by atoms with Gasteiger partial charge in [0.25, 0.3) is 0 Å². The Bertz CT molecular complexity index is 329. The molecule has 0 unspecified atom stereocenters. The van der Waals surface area contributed by atoms with E-state index < -0.39 is 5.82 Å². The Kier molecular flexibility index (Phi) is 4.91. The number of nitrogens with one attached hydrogen (secondary N) is 1. The minimum Gasteiger partial charge on any atom is -0.368 e. The number of anilines is 2. The van der Waals surface area contributed by atoms with Crippen LogP contribution in [-0.2, 0) is 0 Å². The molecule has 0 aliphatic carbocycles. The van der Waals surface area contributed by atoms with Crippen molar-refractivity contribution in [2.24, 2.45) is 0 Å². The average Bonchev–Trinajstić information content (AvgIpc) is 2.22. The van der Waals surface area contributed by atoms with Crippen molar-refractivity contribution in [3.63, 3.8) is 0 Å². The van der Waals surface area contributed by atoms with Gasteiger partial charge in [-0.15, -0.1) is 0 Å². The van der Waals surface area contributed by atoms with Gasteiger partial charge in [0.2, 0.25) is 5.95 Å². The molecular formula is C10H18FN5. The largest absolute Gasteiger partial charge is 0.368 e. The number of hydrogen-bond donors (Lipinski definition) is 2. The van der Waals surface area contributed by atoms with E-state index >= 15 is 0 Å². The molecule has 0 saturated heterocycles. The molecule has 0 bridgehead atoms. The fraction of sp³-hybridized carbons (Fsp3) is 0.600. The molecule has 6 heteroatoms. The highest BCUT2D eigenvalue weighted by Crippen LogP contribution is 2.09. The number of nitrogens with two attached hydrogens (primary N) is 1. The zero-order valence-electron chi connectivity index (χ0n) is 9.70. The molecule has 1 rings (SSSR count). The molecule has 1 aromatic heterocycles. The van der Waals surface area contributed by atoms with E-state index in [1.165, 1.54) is 0 Å². The first-order chi connectivity index (χ1) is 7.59. The SMILES string of the molecule is CN(C)CCCCNc1nc(N)ncc1F. The van der Waals surface area contributed by atoms with Crippen molar-refractivity contribution in [3.8, 4) is 0 Å². The van der Waals surface area contributed by atoms with E-state index in [1.807, 2.05) is 14.1 Å². The third-order valence-corrected chi connectivity index (χ3v) is 2.09. The summed E-state index contributed by atoms with van der Waals surface area (Å²) in [6.45, 7) is 1.71. The number of nitrogen functional groups attached to an aromatic ring is 1. The molecule has 0 spiro atoms. The van der Waals surface area contributed by atoms with Crippen molar-refractivity contribution in [1.29, 1.82) is 0 Å². The third-order valence-electron chi connectivity index (χ3n) is 2.09. The summed E-state index contributed by atoms with van der Waals surface area (Å²) in [6, 6.07) is 0. The summed E-state index contributed by atoms with van der Waals surface area (Å²) >= 11 is 0. The molecule has 0 saturated carbocycles. The molecule has 1 heterocycles. The van der Waals surface area contributed by atoms with Crippen LogP contribution >= 0.6 is 0 Å². The zero-order chi connectivity index (χ0) is 12.0. The molecule has 5 nitrogen and oxygen atoms in total. The fourth-order valence-electron chi connectivity index (χ4n) is 1.26. The number of rotatable bonds is 6. The van der Waals surface area contributed by atoms with E-state index in [9.17, 15) is 4.39 Å². The smallest absolute Gasteiger partial charge is 0.222 e. The van der Waals surface area contributed by atoms with Gasteiger partial charge < -0.3 is 16.0 Å². The minimum atomic E-state index is -0.471. The summed E-state index contributed by atoms with van der Waals surface area (Å²) in [7, 11) is 4.05. The van der Waals surface area contributed by atoms with Gasteiger partial charge in [-0.05, 0) is 33.5 Å². The third kappa shape index (κ3) is 4.39. The van der Waals surface area contributed by atoms with Crippen molar-refractivity contribution in [1.82, 2.24) is 14.9 Å². The van der Waals surface area contributed by atoms with Crippen LogP contribution in [0.25, 0.3) is 0 Å². The van der Waals surface area contributed by atoms with E-state index in [0.717, 1.165) is 25.6 Å². The molecule has 1 aromatic rings. The van der Waals surface area contributed by atoms with Gasteiger partial charge in [0.15, 0.2) is 11.6 Å². The van der Waals surface area contributed by atoms with Crippen molar-refractivity contribution >= 4 is 11.8 Å². The normalized spacial score (nSPS) is 10.8. The van der Waals surface area contributed by atoms with Crippen LogP contribution in [0.3, 0.4) is 0 Å². The van der Waals surface area contributed by atoms with Crippen LogP contribution < -0.4 is 11.1 Å². The maximum Gasteiger partial charge on any atom is 0.222 e. The lowest BCUT2D eigenvalue weighted by molar-refractivity contribution is 0.396. The molecule has 90 valence electrons. The van der Waals surface area contributed by atoms with Crippen LogP contribution in [0, 0.1) is 5.82 Å². The molecule has 0 aliphatic rings. The predicted molar refractivity (Wildman–Crippen MR) is 62.7 cm³/mol. The summed E-state index contributed by atoms with van der Waals surface area (Å²) in [4.78, 5) is 9.44. The van der Waals surface area contributed by atoms with Crippen LogP contribution in [0.2, 0.25) is 0 Å². The van der Waals surface area contributed by atoms with E-state index in [1.54, 1.807) is 0 Å². The van der Waals surface area contributed by atoms with Crippen molar-refractivity contribution in [2.75, 3.05) is 38.2 Å². The van der Waals surface area contributed by atoms with E-state index in [0.29, 0.717) is 6.54 Å². The Labute approximate surface area is 94.9 Å². The lowest BCUT2D eigenvalue weighted by atomic mass is 10.3. The molecule has 0 atom stereocenters. The van der Waals surface area contributed by atoms with Crippen LogP contribution in [0.1, 0.15) is 12.8 Å². The first-order valence-electron chi connectivity index (χ1n) is 5.26. The number of unbranched alkanes of at least 4 members (excludes halogenated alkanes) is 1. The van der Waals surface area contributed by atoms with Gasteiger partial charge in [0, 0.05) is 6.54 Å². The monoisotopic (exact) mass is 227 g/mol. The lowest BCUT2D eigenvalue weighted by Crippen LogP contribution is -2.14. The number of hydrogen-bond acceptors (Lipinski definition) is 5. The van der Waals surface area contributed by atoms with Gasteiger partial charge >= 0.3 is 0 Å². The molecule has 16 heavy (non-hydrogen) atoms. The Morgan fingerprint density at radius 2 is 2.19 bits per heavy atom. The summed E-state index contributed by atoms with van der Waals surface area (Å²) in [5, 5.41) is 2.90. The molecule has 0 fully saturated rings. The second kappa shape index (κ2) is 6.22. The van der Waals surface area contributed by atoms with Crippen LogP contribution in [0.5, 0.6) is 0 Å². The van der Waals surface area contributed by atoms with E-state index in [-0.39, 0.29) is 11.8 Å². The maximum absolute atomic E-state index is 13.2. The van der Waals surface area contributed by atoms with Gasteiger partial charge in [0.1, 0.15) is 0 Å². The van der Waals surface area contributed by atoms with Gasteiger partial charge in [-0.3, -0.25) is 0 Å². The second-order valence-corrected chi connectivity index (χ2v) is 3.86. The van der Waals surface area contributed by atoms with Gasteiger partial charge in [-0.2, -0.15) is 4.98 Å². The van der Waals surface area contributed by atoms with Gasteiger partial charge in [0.05, 0.1) is 6.20 Å². The molecule has 0 radical (unpaired) electrons. The van der Waals surface area contributed by atoms with Crippen LogP contribution in [-0.4, -0.2) is 42.1 Å². The van der Waals surface area contributed by atoms with Crippen LogP contribution in [0.15, 0.2) is 6.20 Å². The number of nitrogens with zero attached hydrogens (tertiary/aromatic N) is 3. The van der Waals surface area contributed by atoms with Crippen molar-refractivity contribution in [2.45, 2.75) is 12.8 Å². The van der Waals surface area contributed by atoms with Gasteiger partial charge in [-0.25, -0.2) is 9.37 Å². The summed E-state index contributed by atoms with van der Waals surface area (Å²) in [6.07, 6.45) is 3.09. The summed E-state index contributed by atoms with van der Waals surface area (Å²) in [5.74, 6) is -0.212. The minimum absolute atomic E-state index is 0.0807. The standard InChI is InChI=1S/C10H18FN5/c1-16(2)6-4-3-5-13-9-8(11)7-14-10(12)15-9/h7H,3-6H2,1-2H3,(H3,12,13,14,15). The van der Waals surface area contributed by atoms with Crippen molar-refractivity contribution in [3.05, 3.63) is 12.0 Å². The Balaban J connectivity index is 2.29. The number of aromatic nitrogens is 2. The lowest BCUT2D eigenvalue weighted by Gasteiger charge is -2.10. The van der Waals surface area contributed by atoms with E-state index in [2.05, 4.69) is 20.2 Å². The highest BCUT2D eigenvalue weighted by atomic mass is 19.1. The fourth-order valence-corrected chi connectivity index (χ4v) is 1.26. The van der Waals surface area contributed by atoms with E-state index in [4.69, 9.17) is 5.73 Å². The molecule has 0 aliphatic heterocycles. The zero-order valence-corrected chi connectivity index (χ0v) is 9.70. The van der Waals surface area contributed by atoms with Crippen molar-refractivity contribution < 1.29 is 4.39 Å². The molecule has 0 aromatic carbocycles. The van der Waals surface area contributed by atoms with Gasteiger partial charge in [-0.1, -0.05) is 0 Å². The first-order valence-corrected chi connectivity index (χ1v) is 5.26. The molecular weight excluding hydrogens is 209 g/mol. The maximum atomic E-state index is 13.2. The average molecular weight is 227 g/mol. The first kappa shape index (κ1) is 12.6. The molecule has 3 N–H and O–H groups in total. The Morgan fingerprint density at radius 3 is 2.88 bits per heavy atom. The predicted octanol–water partition coefficient (Wildman–Crippen LogP) is 0.952. The topological polar surface area (TPSA) is 67.1 Å². The molecule has 0 amide bonds. The highest BCUT2D eigenvalue weighted by Gasteiger charge is 2.03.